The maximum atomic E-state index is 12.9. The molecule has 0 spiro atoms. The monoisotopic (exact) mass is 1120 g/mol. The zero-order valence-corrected chi connectivity index (χ0v) is 52.5. The highest BCUT2D eigenvalue weighted by Gasteiger charge is 2.19. The molecule has 458 valence electrons. The first-order chi connectivity index (χ1) is 40.0. The van der Waals surface area contributed by atoms with Crippen LogP contribution in [0.2, 0.25) is 0 Å². The highest BCUT2D eigenvalue weighted by Crippen LogP contribution is 2.15. The van der Waals surface area contributed by atoms with Gasteiger partial charge in [0.25, 0.3) is 0 Å². The van der Waals surface area contributed by atoms with Crippen LogP contribution in [0.1, 0.15) is 290 Å². The number of rotatable bonds is 59. The molecule has 0 aromatic rings. The Bertz CT molecular complexity index is 1760. The van der Waals surface area contributed by atoms with Crippen LogP contribution >= 0.6 is 0 Å². The van der Waals surface area contributed by atoms with Gasteiger partial charge in [0.05, 0.1) is 0 Å². The molecule has 6 heteroatoms. The molecule has 0 heterocycles. The second kappa shape index (κ2) is 67.8. The molecular weight excluding hydrogens is 997 g/mol. The van der Waals surface area contributed by atoms with Crippen molar-refractivity contribution in [1.29, 1.82) is 0 Å². The molecule has 0 aliphatic heterocycles. The Hall–Kier alpha value is -4.71. The summed E-state index contributed by atoms with van der Waals surface area (Å²) in [5.74, 6) is -1.02. The van der Waals surface area contributed by atoms with Crippen molar-refractivity contribution in [1.82, 2.24) is 0 Å². The van der Waals surface area contributed by atoms with Gasteiger partial charge < -0.3 is 14.2 Å². The average Bonchev–Trinajstić information content (AvgIpc) is 3.47. The third-order valence-corrected chi connectivity index (χ3v) is 13.8. The molecule has 0 fully saturated rings. The maximum Gasteiger partial charge on any atom is 0.306 e. The summed E-state index contributed by atoms with van der Waals surface area (Å²) in [6.07, 6.45) is 97.2. The lowest BCUT2D eigenvalue weighted by atomic mass is 10.0. The molecule has 1 unspecified atom stereocenters. The van der Waals surface area contributed by atoms with Crippen molar-refractivity contribution in [2.45, 2.75) is 297 Å². The Kier molecular flexibility index (Phi) is 63.9. The molecule has 0 aliphatic carbocycles. The number of esters is 3. The van der Waals surface area contributed by atoms with Gasteiger partial charge in [-0.15, -0.1) is 0 Å². The predicted molar refractivity (Wildman–Crippen MR) is 352 cm³/mol. The van der Waals surface area contributed by atoms with Crippen molar-refractivity contribution in [2.24, 2.45) is 0 Å². The molecule has 0 aromatic heterocycles. The fourth-order valence-corrected chi connectivity index (χ4v) is 8.90. The molecule has 81 heavy (non-hydrogen) atoms. The van der Waals surface area contributed by atoms with Crippen LogP contribution < -0.4 is 0 Å². The predicted octanol–water partition coefficient (Wildman–Crippen LogP) is 23.1. The molecule has 1 atom stereocenters. The number of hydrogen-bond donors (Lipinski definition) is 0. The van der Waals surface area contributed by atoms with E-state index in [1.807, 2.05) is 6.08 Å². The quantitative estimate of drug-likeness (QED) is 0.0261. The Morgan fingerprint density at radius 1 is 0.259 bits per heavy atom. The zero-order chi connectivity index (χ0) is 58.5. The Morgan fingerprint density at radius 3 is 0.840 bits per heavy atom. The lowest BCUT2D eigenvalue weighted by molar-refractivity contribution is -0.166. The van der Waals surface area contributed by atoms with E-state index >= 15 is 0 Å². The van der Waals surface area contributed by atoms with Crippen molar-refractivity contribution in [3.63, 3.8) is 0 Å². The summed E-state index contributed by atoms with van der Waals surface area (Å²) < 4.78 is 16.9. The molecule has 0 N–H and O–H groups in total. The fourth-order valence-electron chi connectivity index (χ4n) is 8.90. The first-order valence-electron chi connectivity index (χ1n) is 33.3. The van der Waals surface area contributed by atoms with E-state index < -0.39 is 6.10 Å². The van der Waals surface area contributed by atoms with Gasteiger partial charge in [-0.1, -0.05) is 289 Å². The number of ether oxygens (including phenoxy) is 3. The van der Waals surface area contributed by atoms with E-state index in [-0.39, 0.29) is 44.0 Å². The normalized spacial score (nSPS) is 13.1. The molecule has 0 saturated heterocycles. The van der Waals surface area contributed by atoms with Crippen LogP contribution in [0.3, 0.4) is 0 Å². The van der Waals surface area contributed by atoms with Gasteiger partial charge in [-0.25, -0.2) is 0 Å². The zero-order valence-electron chi connectivity index (χ0n) is 52.5. The third-order valence-electron chi connectivity index (χ3n) is 13.8. The van der Waals surface area contributed by atoms with Gasteiger partial charge in [0.1, 0.15) is 13.2 Å². The van der Waals surface area contributed by atoms with Crippen molar-refractivity contribution in [3.8, 4) is 0 Å². The minimum Gasteiger partial charge on any atom is -0.462 e. The van der Waals surface area contributed by atoms with E-state index in [0.717, 1.165) is 128 Å². The lowest BCUT2D eigenvalue weighted by Gasteiger charge is -2.18. The van der Waals surface area contributed by atoms with Crippen LogP contribution in [0, 0.1) is 0 Å². The second-order valence-corrected chi connectivity index (χ2v) is 21.6. The van der Waals surface area contributed by atoms with Crippen molar-refractivity contribution < 1.29 is 28.6 Å². The summed E-state index contributed by atoms with van der Waals surface area (Å²) in [4.78, 5) is 38.4. The molecule has 0 amide bonds. The van der Waals surface area contributed by atoms with Crippen LogP contribution in [0.25, 0.3) is 0 Å². The van der Waals surface area contributed by atoms with Gasteiger partial charge in [0.15, 0.2) is 6.10 Å². The van der Waals surface area contributed by atoms with Crippen LogP contribution in [-0.4, -0.2) is 37.2 Å². The summed E-state index contributed by atoms with van der Waals surface area (Å²) in [7, 11) is 0. The molecule has 0 saturated carbocycles. The average molecular weight is 1120 g/mol. The summed E-state index contributed by atoms with van der Waals surface area (Å²) in [6.45, 7) is 6.35. The van der Waals surface area contributed by atoms with Gasteiger partial charge in [0.2, 0.25) is 0 Å². The molecule has 0 aliphatic rings. The Balaban J connectivity index is 4.52. The standard InChI is InChI=1S/C75H122O6/c1-4-7-10-13-16-19-22-25-28-31-34-36-37-39-41-44-47-50-53-56-59-62-65-68-74(77)80-71-72(70-79-73(76)67-64-61-58-55-52-49-46-43-40-33-30-27-24-21-18-15-12-9-6-3)81-75(78)69-66-63-60-57-54-51-48-45-42-38-35-32-29-26-23-20-17-14-11-8-5-2/h8-9,11-12,17-18,20-21,26-27,29-31,34-35,38,40,43,45,48-49,52,58,61,72H,4-7,10,13-16,19,22-25,28,32-33,36-37,39,41-42,44,46-47,50-51,53-57,59-60,62-71H2,1-3H3/b11-8-,12-9-,20-17-,21-18-,29-26-,30-27-,34-31-,38-35-,43-40-,48-45-,52-49-,61-58-. The summed E-state index contributed by atoms with van der Waals surface area (Å²) in [5, 5.41) is 0. The summed E-state index contributed by atoms with van der Waals surface area (Å²) in [5.41, 5.74) is 0. The first-order valence-corrected chi connectivity index (χ1v) is 33.3. The first kappa shape index (κ1) is 76.3. The van der Waals surface area contributed by atoms with Gasteiger partial charge in [-0.3, -0.25) is 14.4 Å². The number of carbonyl (C=O) groups is 3. The van der Waals surface area contributed by atoms with Crippen molar-refractivity contribution >= 4 is 17.9 Å². The van der Waals surface area contributed by atoms with Crippen LogP contribution in [0.5, 0.6) is 0 Å². The number of carbonyl (C=O) groups excluding carboxylic acids is 3. The number of hydrogen-bond acceptors (Lipinski definition) is 6. The van der Waals surface area contributed by atoms with Gasteiger partial charge >= 0.3 is 17.9 Å². The van der Waals surface area contributed by atoms with E-state index in [0.29, 0.717) is 12.8 Å². The van der Waals surface area contributed by atoms with Gasteiger partial charge in [-0.05, 0) is 128 Å². The number of unbranched alkanes of at least 4 members (excludes halogenated alkanes) is 24. The third kappa shape index (κ3) is 66.0. The van der Waals surface area contributed by atoms with E-state index in [1.165, 1.54) is 116 Å². The minimum atomic E-state index is -0.828. The summed E-state index contributed by atoms with van der Waals surface area (Å²) in [6, 6.07) is 0. The second-order valence-electron chi connectivity index (χ2n) is 21.6. The largest absolute Gasteiger partial charge is 0.462 e. The molecule has 6 nitrogen and oxygen atoms in total. The fraction of sp³-hybridized carbons (Fsp3) is 0.640. The molecule has 0 rings (SSSR count). The highest BCUT2D eigenvalue weighted by atomic mass is 16.6. The van der Waals surface area contributed by atoms with Crippen molar-refractivity contribution in [2.75, 3.05) is 13.2 Å². The summed E-state index contributed by atoms with van der Waals surface area (Å²) >= 11 is 0. The SMILES string of the molecule is CC/C=C\C/C=C\C/C=C\C/C=C\C/C=C\C/C=C\CCC(=O)OCC(COC(=O)CCCCCCCCCCCCC/C=C\CCCCCCCCCC)OC(=O)CCCCCCC/C=C\C/C=C\C/C=C\C/C=C\C/C=C\CC. The van der Waals surface area contributed by atoms with E-state index in [9.17, 15) is 14.4 Å². The van der Waals surface area contributed by atoms with E-state index in [1.54, 1.807) is 0 Å². The van der Waals surface area contributed by atoms with Gasteiger partial charge in [-0.2, -0.15) is 0 Å². The lowest BCUT2D eigenvalue weighted by Crippen LogP contribution is -2.30. The van der Waals surface area contributed by atoms with E-state index in [2.05, 4.69) is 161 Å². The molecule has 0 bridgehead atoms. The molecule has 0 aromatic carbocycles. The van der Waals surface area contributed by atoms with Crippen LogP contribution in [-0.2, 0) is 28.6 Å². The van der Waals surface area contributed by atoms with Crippen LogP contribution in [0.15, 0.2) is 146 Å². The van der Waals surface area contributed by atoms with E-state index in [4.69, 9.17) is 14.2 Å². The smallest absolute Gasteiger partial charge is 0.306 e. The Morgan fingerprint density at radius 2 is 0.506 bits per heavy atom. The molecule has 0 radical (unpaired) electrons. The van der Waals surface area contributed by atoms with Gasteiger partial charge in [0, 0.05) is 19.3 Å². The maximum absolute atomic E-state index is 12.9. The van der Waals surface area contributed by atoms with Crippen molar-refractivity contribution in [3.05, 3.63) is 146 Å². The topological polar surface area (TPSA) is 78.9 Å². The minimum absolute atomic E-state index is 0.114. The highest BCUT2D eigenvalue weighted by molar-refractivity contribution is 5.71. The Labute approximate surface area is 499 Å². The van der Waals surface area contributed by atoms with Crippen LogP contribution in [0.4, 0.5) is 0 Å². The molecular formula is C75H122O6. The number of allylic oxidation sites excluding steroid dienone is 24.